The number of hydrogen-bond donors (Lipinski definition) is 3. The molecule has 0 heterocycles. The summed E-state index contributed by atoms with van der Waals surface area (Å²) in [5, 5.41) is 29.0. The minimum Gasteiger partial charge on any atom is -0.506 e. The average Bonchev–Trinajstić information content (AvgIpc) is 2.33. The van der Waals surface area contributed by atoms with Crippen LogP contribution in [0.2, 0.25) is 0 Å². The molecule has 2 unspecified atom stereocenters. The maximum absolute atomic E-state index is 11.3. The molecule has 100 valence electrons. The topological polar surface area (TPSA) is 87.0 Å². The Kier molecular flexibility index (Phi) is 5.58. The summed E-state index contributed by atoms with van der Waals surface area (Å²) in [6.45, 7) is 1.72. The van der Waals surface area contributed by atoms with Crippen LogP contribution in [-0.2, 0) is 9.53 Å². The van der Waals surface area contributed by atoms with E-state index < -0.39 is 18.2 Å². The van der Waals surface area contributed by atoms with Gasteiger partial charge in [0, 0.05) is 0 Å². The maximum Gasteiger partial charge on any atom is 0.338 e. The van der Waals surface area contributed by atoms with Crippen LogP contribution in [-0.4, -0.2) is 34.0 Å². The van der Waals surface area contributed by atoms with Gasteiger partial charge in [-0.1, -0.05) is 0 Å². The van der Waals surface area contributed by atoms with Crippen LogP contribution >= 0.6 is 31.9 Å². The Morgan fingerprint density at radius 3 is 2.28 bits per heavy atom. The predicted octanol–water partition coefficient (Wildman–Crippen LogP) is 1.87. The quantitative estimate of drug-likeness (QED) is 0.691. The van der Waals surface area contributed by atoms with Crippen LogP contribution in [0.4, 0.5) is 0 Å². The Balaban J connectivity index is 2.97. The van der Waals surface area contributed by atoms with Crippen LogP contribution in [0.1, 0.15) is 18.6 Å². The zero-order valence-corrected chi connectivity index (χ0v) is 12.6. The normalized spacial score (nSPS) is 14.1. The number of aliphatic hydroxyl groups excluding tert-OH is 2. The molecule has 7 heteroatoms. The summed E-state index contributed by atoms with van der Waals surface area (Å²) in [6.07, 6.45) is -3.11. The molecule has 0 aliphatic rings. The lowest BCUT2D eigenvalue weighted by atomic mass is 10.0. The summed E-state index contributed by atoms with van der Waals surface area (Å²) in [6, 6.07) is 2.82. The van der Waals surface area contributed by atoms with Crippen molar-refractivity contribution in [3.8, 4) is 5.75 Å². The SMILES string of the molecule is CCOC(=O)C(O)C(O)c1cc(Br)c(O)c(Br)c1. The van der Waals surface area contributed by atoms with Crippen molar-refractivity contribution in [2.45, 2.75) is 19.1 Å². The third kappa shape index (κ3) is 3.44. The number of rotatable bonds is 4. The highest BCUT2D eigenvalue weighted by molar-refractivity contribution is 9.11. The van der Waals surface area contributed by atoms with Gasteiger partial charge in [0.25, 0.3) is 0 Å². The molecule has 0 aliphatic heterocycles. The second-order valence-electron chi connectivity index (χ2n) is 3.47. The monoisotopic (exact) mass is 382 g/mol. The van der Waals surface area contributed by atoms with E-state index in [1.165, 1.54) is 12.1 Å². The second-order valence-corrected chi connectivity index (χ2v) is 5.18. The first-order chi connectivity index (χ1) is 8.38. The van der Waals surface area contributed by atoms with E-state index in [0.717, 1.165) is 0 Å². The molecule has 0 saturated heterocycles. The Morgan fingerprint density at radius 1 is 1.33 bits per heavy atom. The minimum atomic E-state index is -1.67. The average molecular weight is 384 g/mol. The molecule has 0 spiro atoms. The van der Waals surface area contributed by atoms with Crippen molar-refractivity contribution in [3.05, 3.63) is 26.6 Å². The van der Waals surface area contributed by atoms with Gasteiger partial charge in [0.05, 0.1) is 15.6 Å². The number of carbonyl (C=O) groups excluding carboxylic acids is 1. The lowest BCUT2D eigenvalue weighted by Gasteiger charge is -2.17. The summed E-state index contributed by atoms with van der Waals surface area (Å²) in [7, 11) is 0. The summed E-state index contributed by atoms with van der Waals surface area (Å²) in [5.41, 5.74) is 0.270. The summed E-state index contributed by atoms with van der Waals surface area (Å²) < 4.78 is 5.28. The Morgan fingerprint density at radius 2 is 1.83 bits per heavy atom. The number of hydrogen-bond acceptors (Lipinski definition) is 5. The summed E-state index contributed by atoms with van der Waals surface area (Å²) in [5.74, 6) is -0.929. The highest BCUT2D eigenvalue weighted by Crippen LogP contribution is 2.35. The number of esters is 1. The van der Waals surface area contributed by atoms with Gasteiger partial charge in [-0.05, 0) is 56.5 Å². The molecule has 0 bridgehead atoms. The first-order valence-electron chi connectivity index (χ1n) is 5.09. The predicted molar refractivity (Wildman–Crippen MR) is 71.1 cm³/mol. The molecule has 1 aromatic carbocycles. The van der Waals surface area contributed by atoms with Gasteiger partial charge in [0.2, 0.25) is 0 Å². The number of benzene rings is 1. The van der Waals surface area contributed by atoms with E-state index in [1.54, 1.807) is 6.92 Å². The van der Waals surface area contributed by atoms with Crippen molar-refractivity contribution in [1.29, 1.82) is 0 Å². The van der Waals surface area contributed by atoms with Gasteiger partial charge in [-0.15, -0.1) is 0 Å². The fourth-order valence-electron chi connectivity index (χ4n) is 1.29. The zero-order valence-electron chi connectivity index (χ0n) is 9.43. The molecule has 0 aliphatic carbocycles. The highest BCUT2D eigenvalue weighted by atomic mass is 79.9. The summed E-state index contributed by atoms with van der Waals surface area (Å²) in [4.78, 5) is 11.3. The Hall–Kier alpha value is -0.630. The molecular weight excluding hydrogens is 372 g/mol. The number of carbonyl (C=O) groups is 1. The molecule has 0 aromatic heterocycles. The molecule has 1 rings (SSSR count). The van der Waals surface area contributed by atoms with E-state index in [1.807, 2.05) is 0 Å². The molecule has 3 N–H and O–H groups in total. The molecule has 1 aromatic rings. The largest absolute Gasteiger partial charge is 0.506 e. The lowest BCUT2D eigenvalue weighted by Crippen LogP contribution is -2.29. The molecule has 2 atom stereocenters. The number of phenols is 1. The van der Waals surface area contributed by atoms with Gasteiger partial charge >= 0.3 is 5.97 Å². The molecule has 0 radical (unpaired) electrons. The van der Waals surface area contributed by atoms with Crippen LogP contribution in [0.5, 0.6) is 5.75 Å². The molecule has 0 saturated carbocycles. The van der Waals surface area contributed by atoms with Crippen LogP contribution in [0, 0.1) is 0 Å². The minimum absolute atomic E-state index is 0.0309. The zero-order chi connectivity index (χ0) is 13.9. The van der Waals surface area contributed by atoms with Gasteiger partial charge in [0.1, 0.15) is 11.9 Å². The van der Waals surface area contributed by atoms with E-state index in [4.69, 9.17) is 0 Å². The smallest absolute Gasteiger partial charge is 0.338 e. The first kappa shape index (κ1) is 15.4. The number of halogens is 2. The lowest BCUT2D eigenvalue weighted by molar-refractivity contribution is -0.159. The van der Waals surface area contributed by atoms with Gasteiger partial charge in [-0.25, -0.2) is 4.79 Å². The molecular formula is C11H12Br2O5. The van der Waals surface area contributed by atoms with Crippen molar-refractivity contribution >= 4 is 37.8 Å². The van der Waals surface area contributed by atoms with Crippen LogP contribution < -0.4 is 0 Å². The van der Waals surface area contributed by atoms with E-state index >= 15 is 0 Å². The van der Waals surface area contributed by atoms with Crippen molar-refractivity contribution in [3.63, 3.8) is 0 Å². The van der Waals surface area contributed by atoms with Gasteiger partial charge in [0.15, 0.2) is 6.10 Å². The van der Waals surface area contributed by atoms with E-state index in [2.05, 4.69) is 36.6 Å². The number of aliphatic hydroxyl groups is 2. The number of ether oxygens (including phenoxy) is 1. The van der Waals surface area contributed by atoms with Crippen molar-refractivity contribution in [2.24, 2.45) is 0 Å². The fraction of sp³-hybridized carbons (Fsp3) is 0.364. The van der Waals surface area contributed by atoms with Crippen LogP contribution in [0.25, 0.3) is 0 Å². The third-order valence-corrected chi connectivity index (χ3v) is 3.42. The van der Waals surface area contributed by atoms with E-state index in [9.17, 15) is 20.1 Å². The highest BCUT2D eigenvalue weighted by Gasteiger charge is 2.27. The van der Waals surface area contributed by atoms with Crippen molar-refractivity contribution in [2.75, 3.05) is 6.61 Å². The van der Waals surface area contributed by atoms with Crippen molar-refractivity contribution < 1.29 is 24.9 Å². The Labute approximate surface area is 121 Å². The number of aromatic hydroxyl groups is 1. The van der Waals surface area contributed by atoms with Crippen molar-refractivity contribution in [1.82, 2.24) is 0 Å². The Bertz CT molecular complexity index is 426. The molecule has 0 fully saturated rings. The van der Waals surface area contributed by atoms with Gasteiger partial charge in [-0.3, -0.25) is 0 Å². The molecule has 18 heavy (non-hydrogen) atoms. The van der Waals surface area contributed by atoms with Crippen LogP contribution in [0.15, 0.2) is 21.1 Å². The van der Waals surface area contributed by atoms with Gasteiger partial charge < -0.3 is 20.1 Å². The molecule has 5 nitrogen and oxygen atoms in total. The summed E-state index contributed by atoms with van der Waals surface area (Å²) >= 11 is 6.19. The second kappa shape index (κ2) is 6.51. The first-order valence-corrected chi connectivity index (χ1v) is 6.67. The fourth-order valence-corrected chi connectivity index (χ4v) is 2.52. The van der Waals surface area contributed by atoms with E-state index in [-0.39, 0.29) is 17.9 Å². The van der Waals surface area contributed by atoms with E-state index in [0.29, 0.717) is 8.95 Å². The van der Waals surface area contributed by atoms with Crippen LogP contribution in [0.3, 0.4) is 0 Å². The standard InChI is InChI=1S/C11H12Br2O5/c1-2-18-11(17)10(16)8(14)5-3-6(12)9(15)7(13)4-5/h3-4,8,10,14-16H,2H2,1H3. The maximum atomic E-state index is 11.3. The third-order valence-electron chi connectivity index (χ3n) is 2.21. The molecule has 0 amide bonds. The van der Waals surface area contributed by atoms with Gasteiger partial charge in [-0.2, -0.15) is 0 Å². The number of phenolic OH excluding ortho intramolecular Hbond substituents is 1.